The molecule has 1 N–H and O–H groups in total. The van der Waals surface area contributed by atoms with E-state index in [1.165, 1.54) is 12.1 Å². The Bertz CT molecular complexity index is 1500. The van der Waals surface area contributed by atoms with Gasteiger partial charge in [-0.15, -0.1) is 0 Å². The van der Waals surface area contributed by atoms with Crippen molar-refractivity contribution in [2.45, 2.75) is 62.3 Å². The molecule has 4 aromatic rings. The highest BCUT2D eigenvalue weighted by atomic mass is 32.2. The van der Waals surface area contributed by atoms with Gasteiger partial charge in [0.05, 0.1) is 31.3 Å². The molecule has 5 atom stereocenters. The molecule has 43 heavy (non-hydrogen) atoms. The number of rotatable bonds is 13. The standard InChI is InChI=1S/C34H36O8S/c1-25-17-19-29(20-18-25)43(36,37)41-24-30-31(38-21-26-11-5-2-6-12-26)32(39-22-27-13-7-3-8-14-27)33(34(35)42-30)40-23-28-15-9-4-10-16-28/h2-20,30-35H,21-24H2,1H3/t30-,31-,32+,33-,34+/m1/s1. The highest BCUT2D eigenvalue weighted by molar-refractivity contribution is 7.86. The van der Waals surface area contributed by atoms with Crippen LogP contribution in [0.2, 0.25) is 0 Å². The Labute approximate surface area is 252 Å². The van der Waals surface area contributed by atoms with Gasteiger partial charge in [-0.2, -0.15) is 8.42 Å². The van der Waals surface area contributed by atoms with Crippen LogP contribution in [-0.2, 0) is 53.1 Å². The topological polar surface area (TPSA) is 101 Å². The first kappa shape index (κ1) is 31.0. The average Bonchev–Trinajstić information content (AvgIpc) is 3.03. The SMILES string of the molecule is Cc1ccc(S(=O)(=O)OC[C@H]2O[C@H](O)[C@H](OCc3ccccc3)[C@@H](OCc3ccccc3)[C@@H]2OCc2ccccc2)cc1. The molecule has 0 aromatic heterocycles. The van der Waals surface area contributed by atoms with Crippen LogP contribution in [0.25, 0.3) is 0 Å². The van der Waals surface area contributed by atoms with E-state index in [4.69, 9.17) is 23.1 Å². The van der Waals surface area contributed by atoms with Crippen LogP contribution in [-0.4, -0.2) is 50.8 Å². The molecule has 0 amide bonds. The summed E-state index contributed by atoms with van der Waals surface area (Å²) in [5.41, 5.74) is 3.66. The molecule has 1 fully saturated rings. The second-order valence-electron chi connectivity index (χ2n) is 10.4. The number of aliphatic hydroxyl groups excluding tert-OH is 1. The molecule has 0 saturated carbocycles. The summed E-state index contributed by atoms with van der Waals surface area (Å²) in [7, 11) is -4.11. The van der Waals surface area contributed by atoms with Crippen LogP contribution in [0, 0.1) is 6.92 Å². The predicted octanol–water partition coefficient (Wildman–Crippen LogP) is 5.17. The molecule has 0 radical (unpaired) electrons. The van der Waals surface area contributed by atoms with Crippen LogP contribution in [0.15, 0.2) is 120 Å². The molecule has 0 bridgehead atoms. The average molecular weight is 605 g/mol. The third-order valence-electron chi connectivity index (χ3n) is 7.16. The van der Waals surface area contributed by atoms with E-state index in [1.807, 2.05) is 97.9 Å². The number of aryl methyl sites for hydroxylation is 1. The summed E-state index contributed by atoms with van der Waals surface area (Å²) in [6, 6.07) is 35.1. The van der Waals surface area contributed by atoms with Gasteiger partial charge in [-0.1, -0.05) is 109 Å². The minimum Gasteiger partial charge on any atom is -0.368 e. The molecule has 0 unspecified atom stereocenters. The van der Waals surface area contributed by atoms with Crippen molar-refractivity contribution in [1.29, 1.82) is 0 Å². The van der Waals surface area contributed by atoms with Crippen LogP contribution in [0.5, 0.6) is 0 Å². The fourth-order valence-electron chi connectivity index (χ4n) is 4.83. The van der Waals surface area contributed by atoms with Crippen molar-refractivity contribution in [1.82, 2.24) is 0 Å². The second-order valence-corrected chi connectivity index (χ2v) is 12.0. The van der Waals surface area contributed by atoms with Crippen molar-refractivity contribution in [2.75, 3.05) is 6.61 Å². The van der Waals surface area contributed by atoms with Gasteiger partial charge >= 0.3 is 0 Å². The van der Waals surface area contributed by atoms with Crippen LogP contribution in [0.3, 0.4) is 0 Å². The minimum atomic E-state index is -4.11. The van der Waals surface area contributed by atoms with Crippen molar-refractivity contribution in [3.63, 3.8) is 0 Å². The first-order valence-corrected chi connectivity index (χ1v) is 15.6. The molecule has 1 heterocycles. The van der Waals surface area contributed by atoms with E-state index < -0.39 is 47.4 Å². The lowest BCUT2D eigenvalue weighted by atomic mass is 9.98. The highest BCUT2D eigenvalue weighted by Gasteiger charge is 2.48. The van der Waals surface area contributed by atoms with Crippen molar-refractivity contribution >= 4 is 10.1 Å². The number of aliphatic hydroxyl groups is 1. The maximum atomic E-state index is 13.0. The van der Waals surface area contributed by atoms with Crippen molar-refractivity contribution in [2.24, 2.45) is 0 Å². The van der Waals surface area contributed by atoms with Gasteiger partial charge in [0.1, 0.15) is 24.4 Å². The maximum Gasteiger partial charge on any atom is 0.297 e. The van der Waals surface area contributed by atoms with Crippen molar-refractivity contribution < 1.29 is 36.7 Å². The summed E-state index contributed by atoms with van der Waals surface area (Å²) in [6.07, 6.45) is -5.03. The lowest BCUT2D eigenvalue weighted by Gasteiger charge is -2.44. The van der Waals surface area contributed by atoms with Crippen LogP contribution < -0.4 is 0 Å². The van der Waals surface area contributed by atoms with E-state index in [1.54, 1.807) is 12.1 Å². The van der Waals surface area contributed by atoms with Gasteiger partial charge in [-0.25, -0.2) is 0 Å². The van der Waals surface area contributed by atoms with Gasteiger partial charge in [-0.3, -0.25) is 4.18 Å². The predicted molar refractivity (Wildman–Crippen MR) is 160 cm³/mol. The third kappa shape index (κ3) is 8.58. The van der Waals surface area contributed by atoms with E-state index in [0.717, 1.165) is 22.3 Å². The third-order valence-corrected chi connectivity index (χ3v) is 8.46. The molecule has 1 aliphatic heterocycles. The lowest BCUT2D eigenvalue weighted by Crippen LogP contribution is -2.61. The Hall–Kier alpha value is -3.41. The monoisotopic (exact) mass is 604 g/mol. The molecule has 226 valence electrons. The summed E-state index contributed by atoms with van der Waals surface area (Å²) in [5.74, 6) is 0. The second kappa shape index (κ2) is 14.9. The van der Waals surface area contributed by atoms with Gasteiger partial charge in [-0.05, 0) is 35.7 Å². The van der Waals surface area contributed by atoms with Crippen LogP contribution in [0.4, 0.5) is 0 Å². The largest absolute Gasteiger partial charge is 0.368 e. The Balaban J connectivity index is 1.40. The highest BCUT2D eigenvalue weighted by Crippen LogP contribution is 2.30. The van der Waals surface area contributed by atoms with E-state index >= 15 is 0 Å². The van der Waals surface area contributed by atoms with Gasteiger partial charge in [0.15, 0.2) is 6.29 Å². The zero-order chi connectivity index (χ0) is 30.1. The fraction of sp³-hybridized carbons (Fsp3) is 0.294. The maximum absolute atomic E-state index is 13.0. The zero-order valence-electron chi connectivity index (χ0n) is 23.9. The molecule has 0 aliphatic carbocycles. The van der Waals surface area contributed by atoms with Crippen LogP contribution in [0.1, 0.15) is 22.3 Å². The normalized spacial score (nSPS) is 22.3. The molecule has 4 aromatic carbocycles. The molecular formula is C34H36O8S. The van der Waals surface area contributed by atoms with Crippen molar-refractivity contribution in [3.8, 4) is 0 Å². The van der Waals surface area contributed by atoms with Gasteiger partial charge in [0.2, 0.25) is 0 Å². The summed E-state index contributed by atoms with van der Waals surface area (Å²) in [5, 5.41) is 11.2. The number of hydrogen-bond acceptors (Lipinski definition) is 8. The molecule has 9 heteroatoms. The molecule has 8 nitrogen and oxygen atoms in total. The molecule has 5 rings (SSSR count). The van der Waals surface area contributed by atoms with Gasteiger partial charge in [0.25, 0.3) is 10.1 Å². The van der Waals surface area contributed by atoms with E-state index in [0.29, 0.717) is 0 Å². The quantitative estimate of drug-likeness (QED) is 0.209. The summed E-state index contributed by atoms with van der Waals surface area (Å²) < 4.78 is 56.5. The molecule has 1 aliphatic rings. The van der Waals surface area contributed by atoms with E-state index in [9.17, 15) is 13.5 Å². The first-order valence-electron chi connectivity index (χ1n) is 14.2. The van der Waals surface area contributed by atoms with E-state index in [-0.39, 0.29) is 24.7 Å². The Kier molecular flexibility index (Phi) is 10.7. The summed E-state index contributed by atoms with van der Waals surface area (Å²) in [6.45, 7) is 2.08. The van der Waals surface area contributed by atoms with Gasteiger partial charge in [0, 0.05) is 0 Å². The molecule has 0 spiro atoms. The number of benzene rings is 4. The van der Waals surface area contributed by atoms with Crippen LogP contribution >= 0.6 is 0 Å². The molecule has 1 saturated heterocycles. The van der Waals surface area contributed by atoms with Crippen molar-refractivity contribution in [3.05, 3.63) is 138 Å². The minimum absolute atomic E-state index is 0.0251. The number of hydrogen-bond donors (Lipinski definition) is 1. The van der Waals surface area contributed by atoms with E-state index in [2.05, 4.69) is 0 Å². The Morgan fingerprint density at radius 2 is 1.07 bits per heavy atom. The number of ether oxygens (including phenoxy) is 4. The fourth-order valence-corrected chi connectivity index (χ4v) is 5.75. The van der Waals surface area contributed by atoms with Gasteiger partial charge < -0.3 is 24.1 Å². The lowest BCUT2D eigenvalue weighted by molar-refractivity contribution is -0.314. The smallest absolute Gasteiger partial charge is 0.297 e. The Morgan fingerprint density at radius 3 is 1.56 bits per heavy atom. The molecular weight excluding hydrogens is 568 g/mol. The first-order chi connectivity index (χ1) is 20.9. The zero-order valence-corrected chi connectivity index (χ0v) is 24.7. The summed E-state index contributed by atoms with van der Waals surface area (Å²) >= 11 is 0. The Morgan fingerprint density at radius 1 is 0.628 bits per heavy atom. The summed E-state index contributed by atoms with van der Waals surface area (Å²) in [4.78, 5) is 0.0251.